The van der Waals surface area contributed by atoms with Gasteiger partial charge in [0.1, 0.15) is 0 Å². The first-order valence-corrected chi connectivity index (χ1v) is 6.06. The van der Waals surface area contributed by atoms with Gasteiger partial charge >= 0.3 is 0 Å². The Labute approximate surface area is 84.4 Å². The van der Waals surface area contributed by atoms with Crippen LogP contribution < -0.4 is 0 Å². The second kappa shape index (κ2) is 11.7. The molecule has 0 rings (SSSR count). The minimum Gasteiger partial charge on any atom is -0.0888 e. The van der Waals surface area contributed by atoms with Crippen LogP contribution >= 0.6 is 0 Å². The smallest absolute Gasteiger partial charge is 0.0351 e. The Morgan fingerprint density at radius 3 is 1.92 bits per heavy atom. The summed E-state index contributed by atoms with van der Waals surface area (Å²) in [4.78, 5) is 0. The van der Waals surface area contributed by atoms with Crippen molar-refractivity contribution >= 4 is 0 Å². The maximum atomic E-state index is 2.33. The lowest BCUT2D eigenvalue weighted by Gasteiger charge is -1.98. The van der Waals surface area contributed by atoms with Gasteiger partial charge in [-0.3, -0.25) is 0 Å². The number of unbranched alkanes of at least 4 members (excludes halogenated alkanes) is 7. The Balaban J connectivity index is 2.87. The van der Waals surface area contributed by atoms with E-state index in [2.05, 4.69) is 26.0 Å². The third-order valence-electron chi connectivity index (χ3n) is 2.38. The van der Waals surface area contributed by atoms with Gasteiger partial charge in [0, 0.05) is 0 Å². The first-order chi connectivity index (χ1) is 6.41. The summed E-state index contributed by atoms with van der Waals surface area (Å²) in [6, 6.07) is 0. The highest BCUT2D eigenvalue weighted by molar-refractivity contribution is 4.79. The Morgan fingerprint density at radius 2 is 1.31 bits per heavy atom. The van der Waals surface area contributed by atoms with E-state index in [9.17, 15) is 0 Å². The van der Waals surface area contributed by atoms with Crippen LogP contribution in [0.25, 0.3) is 0 Å². The largest absolute Gasteiger partial charge is 0.0888 e. The molecule has 0 aromatic heterocycles. The monoisotopic (exact) mass is 182 g/mol. The predicted molar refractivity (Wildman–Crippen MR) is 62.0 cm³/mol. The molecule has 0 fully saturated rings. The Morgan fingerprint density at radius 1 is 0.692 bits per heavy atom. The zero-order valence-electron chi connectivity index (χ0n) is 9.52. The van der Waals surface area contributed by atoms with Crippen molar-refractivity contribution in [3.05, 3.63) is 12.2 Å². The normalized spacial score (nSPS) is 11.2. The van der Waals surface area contributed by atoms with Crippen LogP contribution in [0.4, 0.5) is 0 Å². The lowest BCUT2D eigenvalue weighted by molar-refractivity contribution is 0.592. The summed E-state index contributed by atoms with van der Waals surface area (Å²) in [6.07, 6.45) is 17.0. The molecule has 0 heteroatoms. The van der Waals surface area contributed by atoms with Crippen LogP contribution in [0.5, 0.6) is 0 Å². The van der Waals surface area contributed by atoms with Gasteiger partial charge in [-0.2, -0.15) is 0 Å². The van der Waals surface area contributed by atoms with Crippen LogP contribution in [0.2, 0.25) is 0 Å². The topological polar surface area (TPSA) is 0 Å². The molecule has 0 bridgehead atoms. The van der Waals surface area contributed by atoms with E-state index in [1.807, 2.05) is 0 Å². The van der Waals surface area contributed by atoms with E-state index in [4.69, 9.17) is 0 Å². The molecule has 0 N–H and O–H groups in total. The molecule has 0 unspecified atom stereocenters. The SMILES string of the molecule is CCC=CCCCCCCCCC. The molecule has 0 atom stereocenters. The molecule has 0 aliphatic heterocycles. The predicted octanol–water partition coefficient (Wildman–Crippen LogP) is 5.09. The van der Waals surface area contributed by atoms with Gasteiger partial charge in [0.05, 0.1) is 0 Å². The van der Waals surface area contributed by atoms with Crippen molar-refractivity contribution in [3.8, 4) is 0 Å². The second-order valence-corrected chi connectivity index (χ2v) is 3.79. The molecule has 0 nitrogen and oxygen atoms in total. The highest BCUT2D eigenvalue weighted by atomic mass is 13.9. The second-order valence-electron chi connectivity index (χ2n) is 3.79. The Kier molecular flexibility index (Phi) is 11.5. The van der Waals surface area contributed by atoms with Crippen molar-refractivity contribution in [3.63, 3.8) is 0 Å². The van der Waals surface area contributed by atoms with Crippen molar-refractivity contribution in [2.24, 2.45) is 0 Å². The zero-order chi connectivity index (χ0) is 9.78. The average molecular weight is 182 g/mol. The fourth-order valence-corrected chi connectivity index (χ4v) is 1.50. The molecular formula is C13H26. The quantitative estimate of drug-likeness (QED) is 0.344. The number of allylic oxidation sites excluding steroid dienone is 2. The third kappa shape index (κ3) is 11.7. The molecule has 0 amide bonds. The maximum absolute atomic E-state index is 2.33. The third-order valence-corrected chi connectivity index (χ3v) is 2.38. The Bertz CT molecular complexity index is 103. The van der Waals surface area contributed by atoms with E-state index in [0.29, 0.717) is 0 Å². The molecular weight excluding hydrogens is 156 g/mol. The van der Waals surface area contributed by atoms with Crippen molar-refractivity contribution in [2.45, 2.75) is 71.6 Å². The minimum atomic E-state index is 1.19. The van der Waals surface area contributed by atoms with Gasteiger partial charge in [-0.1, -0.05) is 64.5 Å². The van der Waals surface area contributed by atoms with Gasteiger partial charge in [-0.05, 0) is 19.3 Å². The number of hydrogen-bond acceptors (Lipinski definition) is 0. The zero-order valence-corrected chi connectivity index (χ0v) is 9.52. The molecule has 0 saturated heterocycles. The van der Waals surface area contributed by atoms with Crippen molar-refractivity contribution in [1.82, 2.24) is 0 Å². The molecule has 78 valence electrons. The van der Waals surface area contributed by atoms with E-state index < -0.39 is 0 Å². The van der Waals surface area contributed by atoms with Crippen molar-refractivity contribution in [1.29, 1.82) is 0 Å². The van der Waals surface area contributed by atoms with Crippen molar-refractivity contribution in [2.75, 3.05) is 0 Å². The lowest BCUT2D eigenvalue weighted by Crippen LogP contribution is -1.78. The summed E-state index contributed by atoms with van der Waals surface area (Å²) >= 11 is 0. The highest BCUT2D eigenvalue weighted by Crippen LogP contribution is 2.08. The van der Waals surface area contributed by atoms with E-state index >= 15 is 0 Å². The van der Waals surface area contributed by atoms with E-state index in [-0.39, 0.29) is 0 Å². The average Bonchev–Trinajstić information content (AvgIpc) is 2.16. The van der Waals surface area contributed by atoms with Gasteiger partial charge in [0.2, 0.25) is 0 Å². The molecule has 0 aliphatic rings. The van der Waals surface area contributed by atoms with Gasteiger partial charge in [0.15, 0.2) is 0 Å². The standard InChI is InChI=1S/C13H26/c1-3-5-7-9-11-13-12-10-8-6-4-2/h5,7H,3-4,6,8-13H2,1-2H3. The van der Waals surface area contributed by atoms with Crippen LogP contribution in [-0.4, -0.2) is 0 Å². The molecule has 0 spiro atoms. The van der Waals surface area contributed by atoms with Crippen molar-refractivity contribution < 1.29 is 0 Å². The van der Waals surface area contributed by atoms with Crippen LogP contribution in [0, 0.1) is 0 Å². The summed E-state index contributed by atoms with van der Waals surface area (Å²) in [5.41, 5.74) is 0. The Hall–Kier alpha value is -0.260. The molecule has 0 aromatic rings. The molecule has 0 aromatic carbocycles. The van der Waals surface area contributed by atoms with Gasteiger partial charge in [0.25, 0.3) is 0 Å². The lowest BCUT2D eigenvalue weighted by atomic mass is 10.1. The highest BCUT2D eigenvalue weighted by Gasteiger charge is 1.88. The van der Waals surface area contributed by atoms with E-state index in [0.717, 1.165) is 0 Å². The maximum Gasteiger partial charge on any atom is -0.0351 e. The van der Waals surface area contributed by atoms with E-state index in [1.54, 1.807) is 0 Å². The van der Waals surface area contributed by atoms with Crippen LogP contribution in [0.3, 0.4) is 0 Å². The first-order valence-electron chi connectivity index (χ1n) is 6.06. The molecule has 0 heterocycles. The van der Waals surface area contributed by atoms with Gasteiger partial charge < -0.3 is 0 Å². The van der Waals surface area contributed by atoms with Gasteiger partial charge in [-0.25, -0.2) is 0 Å². The van der Waals surface area contributed by atoms with E-state index in [1.165, 1.54) is 57.8 Å². The van der Waals surface area contributed by atoms with Crippen LogP contribution in [0.15, 0.2) is 12.2 Å². The number of hydrogen-bond donors (Lipinski definition) is 0. The van der Waals surface area contributed by atoms with Crippen LogP contribution in [0.1, 0.15) is 71.6 Å². The van der Waals surface area contributed by atoms with Crippen LogP contribution in [-0.2, 0) is 0 Å². The first kappa shape index (κ1) is 12.7. The summed E-state index contributed by atoms with van der Waals surface area (Å²) in [5, 5.41) is 0. The summed E-state index contributed by atoms with van der Waals surface area (Å²) < 4.78 is 0. The fraction of sp³-hybridized carbons (Fsp3) is 0.846. The molecule has 0 saturated carbocycles. The van der Waals surface area contributed by atoms with Gasteiger partial charge in [-0.15, -0.1) is 0 Å². The summed E-state index contributed by atoms with van der Waals surface area (Å²) in [6.45, 7) is 4.47. The molecule has 13 heavy (non-hydrogen) atoms. The number of rotatable bonds is 9. The fourth-order valence-electron chi connectivity index (χ4n) is 1.50. The molecule has 0 radical (unpaired) electrons. The molecule has 0 aliphatic carbocycles. The minimum absolute atomic E-state index is 1.19. The summed E-state index contributed by atoms with van der Waals surface area (Å²) in [5.74, 6) is 0. The summed E-state index contributed by atoms with van der Waals surface area (Å²) in [7, 11) is 0.